The fourth-order valence-electron chi connectivity index (χ4n) is 2.78. The molecule has 2 N–H and O–H groups in total. The van der Waals surface area contributed by atoms with Crippen molar-refractivity contribution in [1.29, 1.82) is 0 Å². The van der Waals surface area contributed by atoms with Crippen molar-refractivity contribution < 1.29 is 13.3 Å². The fraction of sp³-hybridized carbons (Fsp3) is 0.0526. The van der Waals surface area contributed by atoms with Crippen molar-refractivity contribution >= 4 is 28.1 Å². The van der Waals surface area contributed by atoms with Crippen LogP contribution in [0.15, 0.2) is 59.8 Å². The molecule has 138 valence electrons. The molecule has 0 unspecified atom stereocenters. The predicted molar refractivity (Wildman–Crippen MR) is 104 cm³/mol. The standard InChI is InChI=1S/C19H12N4O4S/c1-9-4-5-12-10(7-9)11(24)8-13(25-12)17-22-23-19(27-17)15-16(20)21-18(26-15)14-3-2-6-28-14/h2-8H,20H2,1H3. The highest BCUT2D eigenvalue weighted by molar-refractivity contribution is 7.13. The maximum absolute atomic E-state index is 12.4. The second kappa shape index (κ2) is 6.17. The Kier molecular flexibility index (Phi) is 3.63. The minimum absolute atomic E-state index is 0.0445. The van der Waals surface area contributed by atoms with Gasteiger partial charge in [0.05, 0.1) is 10.3 Å². The third-order valence-corrected chi connectivity index (χ3v) is 4.96. The lowest BCUT2D eigenvalue weighted by molar-refractivity contribution is 0.510. The lowest BCUT2D eigenvalue weighted by atomic mass is 10.1. The molecule has 0 aliphatic carbocycles. The van der Waals surface area contributed by atoms with Crippen LogP contribution in [0.1, 0.15) is 5.56 Å². The van der Waals surface area contributed by atoms with E-state index < -0.39 is 0 Å². The Labute approximate surface area is 161 Å². The number of fused-ring (bicyclic) bond motifs is 1. The van der Waals surface area contributed by atoms with E-state index in [9.17, 15) is 4.79 Å². The molecule has 0 aliphatic rings. The van der Waals surface area contributed by atoms with E-state index in [1.54, 1.807) is 12.1 Å². The van der Waals surface area contributed by atoms with E-state index in [1.807, 2.05) is 30.5 Å². The number of rotatable bonds is 3. The van der Waals surface area contributed by atoms with Crippen molar-refractivity contribution in [3.63, 3.8) is 0 Å². The van der Waals surface area contributed by atoms with Gasteiger partial charge in [-0.25, -0.2) is 0 Å². The Balaban J connectivity index is 1.56. The van der Waals surface area contributed by atoms with Gasteiger partial charge in [-0.3, -0.25) is 4.79 Å². The first-order valence-electron chi connectivity index (χ1n) is 8.27. The highest BCUT2D eigenvalue weighted by atomic mass is 32.1. The summed E-state index contributed by atoms with van der Waals surface area (Å²) < 4.78 is 17.1. The third-order valence-electron chi connectivity index (χ3n) is 4.10. The topological polar surface area (TPSA) is 121 Å². The van der Waals surface area contributed by atoms with Crippen molar-refractivity contribution in [2.24, 2.45) is 0 Å². The zero-order chi connectivity index (χ0) is 19.3. The molecule has 0 bridgehead atoms. The largest absolute Gasteiger partial charge is 0.451 e. The summed E-state index contributed by atoms with van der Waals surface area (Å²) in [7, 11) is 0. The second-order valence-corrected chi connectivity index (χ2v) is 7.05. The Hall–Kier alpha value is -3.72. The Morgan fingerprint density at radius 3 is 2.68 bits per heavy atom. The van der Waals surface area contributed by atoms with Gasteiger partial charge in [-0.2, -0.15) is 4.98 Å². The summed E-state index contributed by atoms with van der Waals surface area (Å²) in [5.74, 6) is 0.930. The number of nitrogens with zero attached hydrogens (tertiary/aromatic N) is 3. The van der Waals surface area contributed by atoms with Crippen LogP contribution in [-0.4, -0.2) is 15.2 Å². The van der Waals surface area contributed by atoms with E-state index in [2.05, 4.69) is 15.2 Å². The summed E-state index contributed by atoms with van der Waals surface area (Å²) in [6.07, 6.45) is 0. The molecule has 1 aromatic carbocycles. The van der Waals surface area contributed by atoms with Gasteiger partial charge in [0.15, 0.2) is 17.0 Å². The molecular formula is C19H12N4O4S. The number of anilines is 1. The average Bonchev–Trinajstić information content (AvgIpc) is 3.42. The lowest BCUT2D eigenvalue weighted by Crippen LogP contribution is -2.00. The normalized spacial score (nSPS) is 11.3. The van der Waals surface area contributed by atoms with Crippen molar-refractivity contribution in [2.45, 2.75) is 6.92 Å². The number of hydrogen-bond donors (Lipinski definition) is 1. The van der Waals surface area contributed by atoms with E-state index in [4.69, 9.17) is 19.0 Å². The van der Waals surface area contributed by atoms with Crippen LogP contribution in [0.2, 0.25) is 0 Å². The molecule has 0 spiro atoms. The number of aryl methyl sites for hydroxylation is 1. The Morgan fingerprint density at radius 2 is 1.86 bits per heavy atom. The molecule has 0 radical (unpaired) electrons. The number of benzene rings is 1. The smallest absolute Gasteiger partial charge is 0.288 e. The Morgan fingerprint density at radius 1 is 1.00 bits per heavy atom. The van der Waals surface area contributed by atoms with Gasteiger partial charge in [0.2, 0.25) is 11.7 Å². The number of oxazole rings is 1. The third kappa shape index (κ3) is 2.69. The van der Waals surface area contributed by atoms with Crippen molar-refractivity contribution in [2.75, 3.05) is 5.73 Å². The molecule has 5 rings (SSSR count). The van der Waals surface area contributed by atoms with E-state index in [1.165, 1.54) is 17.4 Å². The molecule has 0 fully saturated rings. The lowest BCUT2D eigenvalue weighted by Gasteiger charge is -2.00. The first-order valence-corrected chi connectivity index (χ1v) is 9.15. The molecule has 28 heavy (non-hydrogen) atoms. The first kappa shape index (κ1) is 16.5. The minimum atomic E-state index is -0.195. The minimum Gasteiger partial charge on any atom is -0.451 e. The number of aromatic nitrogens is 3. The summed E-state index contributed by atoms with van der Waals surface area (Å²) in [4.78, 5) is 17.4. The summed E-state index contributed by atoms with van der Waals surface area (Å²) >= 11 is 1.47. The van der Waals surface area contributed by atoms with Gasteiger partial charge < -0.3 is 19.0 Å². The molecular weight excluding hydrogens is 380 g/mol. The molecule has 0 amide bonds. The fourth-order valence-corrected chi connectivity index (χ4v) is 3.43. The molecule has 0 saturated heterocycles. The highest BCUT2D eigenvalue weighted by Crippen LogP contribution is 2.33. The summed E-state index contributed by atoms with van der Waals surface area (Å²) in [6.45, 7) is 1.91. The van der Waals surface area contributed by atoms with E-state index in [0.29, 0.717) is 16.9 Å². The van der Waals surface area contributed by atoms with Crippen molar-refractivity contribution in [1.82, 2.24) is 15.2 Å². The molecule has 4 aromatic heterocycles. The number of thiophene rings is 1. The molecule has 5 aromatic rings. The molecule has 0 saturated carbocycles. The van der Waals surface area contributed by atoms with Crippen LogP contribution >= 0.6 is 11.3 Å². The zero-order valence-corrected chi connectivity index (χ0v) is 15.3. The van der Waals surface area contributed by atoms with E-state index in [-0.39, 0.29) is 34.5 Å². The van der Waals surface area contributed by atoms with Gasteiger partial charge in [0.1, 0.15) is 5.58 Å². The van der Waals surface area contributed by atoms with Crippen LogP contribution in [0.5, 0.6) is 0 Å². The van der Waals surface area contributed by atoms with Gasteiger partial charge >= 0.3 is 0 Å². The number of nitrogen functional groups attached to an aromatic ring is 1. The van der Waals surface area contributed by atoms with E-state index >= 15 is 0 Å². The van der Waals surface area contributed by atoms with Gasteiger partial charge in [-0.15, -0.1) is 21.5 Å². The van der Waals surface area contributed by atoms with Gasteiger partial charge in [0, 0.05) is 6.07 Å². The second-order valence-electron chi connectivity index (χ2n) is 6.10. The van der Waals surface area contributed by atoms with Crippen LogP contribution in [0.25, 0.3) is 45.0 Å². The van der Waals surface area contributed by atoms with Crippen LogP contribution in [-0.2, 0) is 0 Å². The van der Waals surface area contributed by atoms with Gasteiger partial charge in [-0.05, 0) is 30.5 Å². The summed E-state index contributed by atoms with van der Waals surface area (Å²) in [6, 6.07) is 10.4. The molecule has 8 nitrogen and oxygen atoms in total. The number of nitrogens with two attached hydrogens (primary N) is 1. The predicted octanol–water partition coefficient (Wildman–Crippen LogP) is 4.12. The van der Waals surface area contributed by atoms with Crippen molar-refractivity contribution in [3.8, 4) is 34.1 Å². The number of hydrogen-bond acceptors (Lipinski definition) is 9. The highest BCUT2D eigenvalue weighted by Gasteiger charge is 2.22. The van der Waals surface area contributed by atoms with Gasteiger partial charge in [0.25, 0.3) is 11.8 Å². The quantitative estimate of drug-likeness (QED) is 0.487. The van der Waals surface area contributed by atoms with Crippen LogP contribution in [0, 0.1) is 6.92 Å². The van der Waals surface area contributed by atoms with Crippen LogP contribution < -0.4 is 11.2 Å². The molecule has 4 heterocycles. The molecule has 0 aliphatic heterocycles. The van der Waals surface area contributed by atoms with Crippen molar-refractivity contribution in [3.05, 3.63) is 57.6 Å². The van der Waals surface area contributed by atoms with E-state index in [0.717, 1.165) is 10.4 Å². The zero-order valence-electron chi connectivity index (χ0n) is 14.5. The molecule has 9 heteroatoms. The molecule has 0 atom stereocenters. The maximum Gasteiger partial charge on any atom is 0.288 e. The monoisotopic (exact) mass is 392 g/mol. The summed E-state index contributed by atoms with van der Waals surface area (Å²) in [5.41, 5.74) is 7.15. The maximum atomic E-state index is 12.4. The SMILES string of the molecule is Cc1ccc2oc(-c3nnc(-c4oc(-c5cccs5)nc4N)o3)cc(=O)c2c1. The Bertz CT molecular complexity index is 1360. The van der Waals surface area contributed by atoms with Gasteiger partial charge in [-0.1, -0.05) is 17.7 Å². The summed E-state index contributed by atoms with van der Waals surface area (Å²) in [5, 5.41) is 10.3. The van der Waals surface area contributed by atoms with Crippen LogP contribution in [0.4, 0.5) is 5.82 Å². The average molecular weight is 392 g/mol. The van der Waals surface area contributed by atoms with Crippen LogP contribution in [0.3, 0.4) is 0 Å². The first-order chi connectivity index (χ1) is 13.6.